The molecule has 2 rings (SSSR count). The molecule has 8 nitrogen and oxygen atoms in total. The Bertz CT molecular complexity index is 497. The summed E-state index contributed by atoms with van der Waals surface area (Å²) >= 11 is 0. The molecule has 1 saturated heterocycles. The second-order valence-electron chi connectivity index (χ2n) is 5.02. The maximum atomic E-state index is 12.3. The van der Waals surface area contributed by atoms with Gasteiger partial charge < -0.3 is 14.7 Å². The minimum atomic E-state index is -1.03. The van der Waals surface area contributed by atoms with Crippen LogP contribution < -0.4 is 0 Å². The van der Waals surface area contributed by atoms with Crippen molar-refractivity contribution in [1.29, 1.82) is 0 Å². The van der Waals surface area contributed by atoms with Crippen molar-refractivity contribution < 1.29 is 19.4 Å². The number of aromatic nitrogens is 3. The molecule has 19 heavy (non-hydrogen) atoms. The van der Waals surface area contributed by atoms with Crippen LogP contribution in [-0.4, -0.2) is 62.2 Å². The van der Waals surface area contributed by atoms with Gasteiger partial charge in [-0.1, -0.05) is 5.21 Å². The lowest BCUT2D eigenvalue weighted by atomic mass is 10.0. The van der Waals surface area contributed by atoms with Crippen molar-refractivity contribution in [3.8, 4) is 0 Å². The highest BCUT2D eigenvalue weighted by Gasteiger charge is 2.35. The maximum absolute atomic E-state index is 12.3. The van der Waals surface area contributed by atoms with E-state index in [0.717, 1.165) is 4.68 Å². The van der Waals surface area contributed by atoms with Crippen molar-refractivity contribution in [2.75, 3.05) is 19.8 Å². The van der Waals surface area contributed by atoms with Gasteiger partial charge in [-0.3, -0.25) is 9.59 Å². The maximum Gasteiger partial charge on any atom is 0.325 e. The molecule has 0 unspecified atom stereocenters. The van der Waals surface area contributed by atoms with Gasteiger partial charge in [0.05, 0.1) is 24.9 Å². The molecule has 1 fully saturated rings. The molecule has 0 radical (unpaired) electrons. The highest BCUT2D eigenvalue weighted by molar-refractivity contribution is 5.92. The van der Waals surface area contributed by atoms with E-state index in [1.165, 1.54) is 6.20 Å². The summed E-state index contributed by atoms with van der Waals surface area (Å²) in [7, 11) is 0. The Labute approximate surface area is 109 Å². The molecule has 1 N–H and O–H groups in total. The normalized spacial score (nSPS) is 18.3. The monoisotopic (exact) mass is 268 g/mol. The molecule has 8 heteroatoms. The molecule has 1 aliphatic rings. The number of morpholine rings is 1. The lowest BCUT2D eigenvalue weighted by Gasteiger charge is -2.41. The fraction of sp³-hybridized carbons (Fsp3) is 0.636. The third-order valence-electron chi connectivity index (χ3n) is 2.95. The number of carbonyl (C=O) groups excluding carboxylic acids is 1. The first-order chi connectivity index (χ1) is 8.90. The highest BCUT2D eigenvalue weighted by Crippen LogP contribution is 2.20. The number of carboxylic acid groups (broad SMARTS) is 1. The number of amides is 1. The van der Waals surface area contributed by atoms with Crippen molar-refractivity contribution in [3.05, 3.63) is 11.9 Å². The fourth-order valence-corrected chi connectivity index (χ4v) is 1.99. The van der Waals surface area contributed by atoms with Crippen LogP contribution >= 0.6 is 0 Å². The Hall–Kier alpha value is -1.96. The van der Waals surface area contributed by atoms with Gasteiger partial charge in [0.1, 0.15) is 6.54 Å². The Kier molecular flexibility index (Phi) is 3.52. The van der Waals surface area contributed by atoms with Crippen LogP contribution in [0.4, 0.5) is 0 Å². The van der Waals surface area contributed by atoms with Crippen molar-refractivity contribution in [3.63, 3.8) is 0 Å². The Morgan fingerprint density at radius 3 is 2.89 bits per heavy atom. The minimum Gasteiger partial charge on any atom is -0.480 e. The van der Waals surface area contributed by atoms with Gasteiger partial charge in [0.25, 0.3) is 5.91 Å². The summed E-state index contributed by atoms with van der Waals surface area (Å²) in [5.41, 5.74) is -0.262. The predicted octanol–water partition coefficient (Wildman–Crippen LogP) is -0.386. The molecular weight excluding hydrogens is 252 g/mol. The number of carbonyl (C=O) groups is 2. The van der Waals surface area contributed by atoms with E-state index in [-0.39, 0.29) is 18.1 Å². The first-order valence-electron chi connectivity index (χ1n) is 5.92. The van der Waals surface area contributed by atoms with Gasteiger partial charge in [-0.25, -0.2) is 4.68 Å². The van der Waals surface area contributed by atoms with Crippen molar-refractivity contribution in [1.82, 2.24) is 19.9 Å². The molecule has 0 bridgehead atoms. The van der Waals surface area contributed by atoms with Crippen LogP contribution in [0.15, 0.2) is 6.20 Å². The second kappa shape index (κ2) is 4.96. The van der Waals surface area contributed by atoms with Gasteiger partial charge in [0, 0.05) is 6.54 Å². The van der Waals surface area contributed by atoms with E-state index in [0.29, 0.717) is 19.8 Å². The van der Waals surface area contributed by atoms with Gasteiger partial charge in [-0.2, -0.15) is 0 Å². The van der Waals surface area contributed by atoms with Crippen LogP contribution in [0.5, 0.6) is 0 Å². The average molecular weight is 268 g/mol. The van der Waals surface area contributed by atoms with Crippen molar-refractivity contribution >= 4 is 11.9 Å². The summed E-state index contributed by atoms with van der Waals surface area (Å²) in [4.78, 5) is 24.5. The quantitative estimate of drug-likeness (QED) is 0.802. The van der Waals surface area contributed by atoms with Gasteiger partial charge in [-0.05, 0) is 13.8 Å². The smallest absolute Gasteiger partial charge is 0.325 e. The summed E-state index contributed by atoms with van der Waals surface area (Å²) in [6, 6.07) is 0. The molecule has 0 spiro atoms. The molecule has 1 aromatic rings. The zero-order valence-electron chi connectivity index (χ0n) is 10.9. The zero-order chi connectivity index (χ0) is 14.0. The number of nitrogens with zero attached hydrogens (tertiary/aromatic N) is 4. The van der Waals surface area contributed by atoms with Gasteiger partial charge in [0.2, 0.25) is 0 Å². The van der Waals surface area contributed by atoms with Crippen LogP contribution in [0.25, 0.3) is 0 Å². The molecule has 0 atom stereocenters. The first kappa shape index (κ1) is 13.5. The topological polar surface area (TPSA) is 97.5 Å². The lowest BCUT2D eigenvalue weighted by molar-refractivity contribution is -0.137. The molecule has 0 aliphatic carbocycles. The van der Waals surface area contributed by atoms with E-state index < -0.39 is 11.5 Å². The lowest BCUT2D eigenvalue weighted by Crippen LogP contribution is -2.55. The van der Waals surface area contributed by atoms with E-state index in [4.69, 9.17) is 9.84 Å². The number of rotatable bonds is 3. The SMILES string of the molecule is CC1(C)COCCN1C(=O)c1cn(CC(=O)O)nn1. The molecule has 0 saturated carbocycles. The molecule has 1 aromatic heterocycles. The van der Waals surface area contributed by atoms with E-state index in [9.17, 15) is 9.59 Å². The Balaban J connectivity index is 2.14. The van der Waals surface area contributed by atoms with E-state index in [1.807, 2.05) is 13.8 Å². The largest absolute Gasteiger partial charge is 0.480 e. The zero-order valence-corrected chi connectivity index (χ0v) is 10.9. The van der Waals surface area contributed by atoms with Gasteiger partial charge >= 0.3 is 5.97 Å². The van der Waals surface area contributed by atoms with Gasteiger partial charge in [0.15, 0.2) is 5.69 Å². The average Bonchev–Trinajstić information content (AvgIpc) is 2.75. The first-order valence-corrected chi connectivity index (χ1v) is 5.92. The molecular formula is C11H16N4O4. The van der Waals surface area contributed by atoms with Crippen LogP contribution in [0.1, 0.15) is 24.3 Å². The van der Waals surface area contributed by atoms with Crippen LogP contribution in [0.2, 0.25) is 0 Å². The van der Waals surface area contributed by atoms with Crippen molar-refractivity contribution in [2.45, 2.75) is 25.9 Å². The predicted molar refractivity (Wildman–Crippen MR) is 63.6 cm³/mol. The Morgan fingerprint density at radius 1 is 1.53 bits per heavy atom. The molecule has 2 heterocycles. The third kappa shape index (κ3) is 2.90. The summed E-state index contributed by atoms with van der Waals surface area (Å²) in [5, 5.41) is 16.0. The summed E-state index contributed by atoms with van der Waals surface area (Å²) in [6.45, 7) is 4.93. The van der Waals surface area contributed by atoms with Crippen LogP contribution in [0, 0.1) is 0 Å². The van der Waals surface area contributed by atoms with E-state index in [1.54, 1.807) is 4.90 Å². The molecule has 0 aromatic carbocycles. The fourth-order valence-electron chi connectivity index (χ4n) is 1.99. The number of hydrogen-bond donors (Lipinski definition) is 1. The van der Waals surface area contributed by atoms with E-state index in [2.05, 4.69) is 10.3 Å². The number of ether oxygens (including phenoxy) is 1. The summed E-state index contributed by atoms with van der Waals surface area (Å²) in [6.07, 6.45) is 1.35. The Morgan fingerprint density at radius 2 is 2.26 bits per heavy atom. The molecule has 104 valence electrons. The number of aliphatic carboxylic acids is 1. The molecule has 1 amide bonds. The number of hydrogen-bond acceptors (Lipinski definition) is 5. The minimum absolute atomic E-state index is 0.149. The molecule has 1 aliphatic heterocycles. The summed E-state index contributed by atoms with van der Waals surface area (Å²) < 4.78 is 6.47. The van der Waals surface area contributed by atoms with E-state index >= 15 is 0 Å². The third-order valence-corrected chi connectivity index (χ3v) is 2.95. The highest BCUT2D eigenvalue weighted by atomic mass is 16.5. The number of carboxylic acids is 1. The van der Waals surface area contributed by atoms with Gasteiger partial charge in [-0.15, -0.1) is 5.10 Å². The van der Waals surface area contributed by atoms with Crippen LogP contribution in [-0.2, 0) is 16.1 Å². The van der Waals surface area contributed by atoms with Crippen LogP contribution in [0.3, 0.4) is 0 Å². The standard InChI is InChI=1S/C11H16N4O4/c1-11(2)7-19-4-3-15(11)10(18)8-5-14(13-12-8)6-9(16)17/h5H,3-4,6-7H2,1-2H3,(H,16,17). The second-order valence-corrected chi connectivity index (χ2v) is 5.02. The summed E-state index contributed by atoms with van der Waals surface area (Å²) in [5.74, 6) is -1.29. The van der Waals surface area contributed by atoms with Crippen molar-refractivity contribution in [2.24, 2.45) is 0 Å².